The van der Waals surface area contributed by atoms with Gasteiger partial charge >= 0.3 is 0 Å². The largest absolute Gasteiger partial charge is 0.348 e. The molecule has 0 atom stereocenters. The van der Waals surface area contributed by atoms with E-state index >= 15 is 0 Å². The molecule has 0 unspecified atom stereocenters. The second kappa shape index (κ2) is 4.04. The summed E-state index contributed by atoms with van der Waals surface area (Å²) in [7, 11) is 0. The van der Waals surface area contributed by atoms with Crippen molar-refractivity contribution in [3.8, 4) is 0 Å². The lowest BCUT2D eigenvalue weighted by atomic mass is 10.1. The number of hydrogen-bond donors (Lipinski definition) is 2. The van der Waals surface area contributed by atoms with E-state index in [1.165, 1.54) is 0 Å². The third kappa shape index (κ3) is 2.81. The highest BCUT2D eigenvalue weighted by atomic mass is 16.2. The third-order valence-corrected chi connectivity index (χ3v) is 2.40. The number of aromatic amines is 1. The molecule has 0 spiro atoms. The summed E-state index contributed by atoms with van der Waals surface area (Å²) in [4.78, 5) is 11.6. The number of nitrogens with zero attached hydrogens (tertiary/aromatic N) is 1. The predicted molar refractivity (Wildman–Crippen MR) is 57.6 cm³/mol. The molecular formula is C11H17N3O. The Labute approximate surface area is 89.5 Å². The molecule has 0 aliphatic heterocycles. The second-order valence-electron chi connectivity index (χ2n) is 4.62. The van der Waals surface area contributed by atoms with Gasteiger partial charge in [0.05, 0.1) is 0 Å². The van der Waals surface area contributed by atoms with Gasteiger partial charge in [0, 0.05) is 11.7 Å². The number of hydrogen-bond acceptors (Lipinski definition) is 2. The molecule has 0 saturated heterocycles. The Balaban J connectivity index is 1.95. The highest BCUT2D eigenvalue weighted by molar-refractivity contribution is 5.92. The summed E-state index contributed by atoms with van der Waals surface area (Å²) >= 11 is 0. The minimum atomic E-state index is -0.0521. The monoisotopic (exact) mass is 207 g/mol. The van der Waals surface area contributed by atoms with Crippen LogP contribution in [-0.4, -0.2) is 22.1 Å². The maximum atomic E-state index is 11.6. The van der Waals surface area contributed by atoms with Crippen LogP contribution < -0.4 is 5.32 Å². The highest BCUT2D eigenvalue weighted by Crippen LogP contribution is 2.19. The van der Waals surface area contributed by atoms with Crippen molar-refractivity contribution < 1.29 is 4.79 Å². The molecule has 2 N–H and O–H groups in total. The highest BCUT2D eigenvalue weighted by Gasteiger charge is 2.24. The van der Waals surface area contributed by atoms with Crippen molar-refractivity contribution in [2.75, 3.05) is 0 Å². The van der Waals surface area contributed by atoms with Gasteiger partial charge in [0.25, 0.3) is 5.91 Å². The van der Waals surface area contributed by atoms with Crippen molar-refractivity contribution >= 4 is 5.91 Å². The summed E-state index contributed by atoms with van der Waals surface area (Å²) < 4.78 is 0. The molecule has 1 aliphatic carbocycles. The van der Waals surface area contributed by atoms with Gasteiger partial charge in [-0.1, -0.05) is 13.8 Å². The van der Waals surface area contributed by atoms with Crippen molar-refractivity contribution in [2.45, 2.75) is 39.2 Å². The molecule has 82 valence electrons. The first kappa shape index (κ1) is 10.2. The van der Waals surface area contributed by atoms with Crippen molar-refractivity contribution in [1.82, 2.24) is 15.5 Å². The number of carbonyl (C=O) groups is 1. The fourth-order valence-electron chi connectivity index (χ4n) is 1.51. The Morgan fingerprint density at radius 2 is 2.40 bits per heavy atom. The maximum absolute atomic E-state index is 11.6. The molecule has 1 fully saturated rings. The molecule has 1 aromatic rings. The molecular weight excluding hydrogens is 190 g/mol. The van der Waals surface area contributed by atoms with E-state index in [0.717, 1.165) is 25.0 Å². The summed E-state index contributed by atoms with van der Waals surface area (Å²) in [5.41, 5.74) is 1.54. The Hall–Kier alpha value is -1.32. The van der Waals surface area contributed by atoms with Crippen LogP contribution in [0.4, 0.5) is 0 Å². The standard InChI is InChI=1S/C11H17N3O/c1-7(2)5-9-6-10(14-13-9)11(15)12-8-3-4-8/h6-8H,3-5H2,1-2H3,(H,12,15)(H,13,14). The molecule has 0 radical (unpaired) electrons. The summed E-state index contributed by atoms with van der Waals surface area (Å²) in [6.07, 6.45) is 3.15. The van der Waals surface area contributed by atoms with Gasteiger partial charge < -0.3 is 5.32 Å². The molecule has 1 saturated carbocycles. The van der Waals surface area contributed by atoms with E-state index < -0.39 is 0 Å². The molecule has 1 amide bonds. The van der Waals surface area contributed by atoms with Crippen molar-refractivity contribution in [2.24, 2.45) is 5.92 Å². The van der Waals surface area contributed by atoms with Gasteiger partial charge in [-0.3, -0.25) is 9.89 Å². The topological polar surface area (TPSA) is 57.8 Å². The number of H-pyrrole nitrogens is 1. The molecule has 1 heterocycles. The smallest absolute Gasteiger partial charge is 0.271 e. The van der Waals surface area contributed by atoms with Gasteiger partial charge in [-0.25, -0.2) is 0 Å². The lowest BCUT2D eigenvalue weighted by Crippen LogP contribution is -2.25. The number of aromatic nitrogens is 2. The van der Waals surface area contributed by atoms with E-state index in [0.29, 0.717) is 17.7 Å². The van der Waals surface area contributed by atoms with Gasteiger partial charge in [0.1, 0.15) is 5.69 Å². The fraction of sp³-hybridized carbons (Fsp3) is 0.636. The van der Waals surface area contributed by atoms with Crippen molar-refractivity contribution in [1.29, 1.82) is 0 Å². The van der Waals surface area contributed by atoms with Crippen LogP contribution in [-0.2, 0) is 6.42 Å². The maximum Gasteiger partial charge on any atom is 0.271 e. The lowest BCUT2D eigenvalue weighted by molar-refractivity contribution is 0.0946. The number of nitrogens with one attached hydrogen (secondary N) is 2. The molecule has 4 nitrogen and oxygen atoms in total. The van der Waals surface area contributed by atoms with Gasteiger partial charge in [0.2, 0.25) is 0 Å². The normalized spacial score (nSPS) is 15.7. The summed E-state index contributed by atoms with van der Waals surface area (Å²) in [5.74, 6) is 0.522. The zero-order valence-corrected chi connectivity index (χ0v) is 9.21. The number of carbonyl (C=O) groups excluding carboxylic acids is 1. The quantitative estimate of drug-likeness (QED) is 0.786. The van der Waals surface area contributed by atoms with Crippen LogP contribution >= 0.6 is 0 Å². The molecule has 15 heavy (non-hydrogen) atoms. The first-order valence-corrected chi connectivity index (χ1v) is 5.50. The van der Waals surface area contributed by atoms with E-state index in [-0.39, 0.29) is 5.91 Å². The molecule has 0 bridgehead atoms. The van der Waals surface area contributed by atoms with Crippen molar-refractivity contribution in [3.05, 3.63) is 17.5 Å². The van der Waals surface area contributed by atoms with E-state index in [9.17, 15) is 4.79 Å². The fourth-order valence-corrected chi connectivity index (χ4v) is 1.51. The zero-order chi connectivity index (χ0) is 10.8. The van der Waals surface area contributed by atoms with Crippen molar-refractivity contribution in [3.63, 3.8) is 0 Å². The van der Waals surface area contributed by atoms with E-state index in [1.807, 2.05) is 6.07 Å². The first-order chi connectivity index (χ1) is 7.15. The van der Waals surface area contributed by atoms with Gasteiger partial charge in [-0.2, -0.15) is 5.10 Å². The van der Waals surface area contributed by atoms with E-state index in [1.54, 1.807) is 0 Å². The van der Waals surface area contributed by atoms with E-state index in [4.69, 9.17) is 0 Å². The average Bonchev–Trinajstić information content (AvgIpc) is 2.83. The van der Waals surface area contributed by atoms with Crippen LogP contribution in [0.3, 0.4) is 0 Å². The minimum absolute atomic E-state index is 0.0521. The van der Waals surface area contributed by atoms with Crippen LogP contribution in [0.15, 0.2) is 6.07 Å². The van der Waals surface area contributed by atoms with Gasteiger partial charge in [0.15, 0.2) is 0 Å². The third-order valence-electron chi connectivity index (χ3n) is 2.40. The predicted octanol–water partition coefficient (Wildman–Crippen LogP) is 1.50. The van der Waals surface area contributed by atoms with Crippen LogP contribution in [0.2, 0.25) is 0 Å². The minimum Gasteiger partial charge on any atom is -0.348 e. The molecule has 0 aromatic carbocycles. The lowest BCUT2D eigenvalue weighted by Gasteiger charge is -1.99. The Bertz CT molecular complexity index is 352. The Morgan fingerprint density at radius 1 is 1.67 bits per heavy atom. The summed E-state index contributed by atoms with van der Waals surface area (Å²) in [6.45, 7) is 4.29. The van der Waals surface area contributed by atoms with Crippen LogP contribution in [0.5, 0.6) is 0 Å². The summed E-state index contributed by atoms with van der Waals surface area (Å²) in [5, 5.41) is 9.83. The average molecular weight is 207 g/mol. The molecule has 1 aromatic heterocycles. The SMILES string of the molecule is CC(C)Cc1cc(C(=O)NC2CC2)n[nH]1. The number of rotatable bonds is 4. The first-order valence-electron chi connectivity index (χ1n) is 5.50. The molecule has 2 rings (SSSR count). The Kier molecular flexibility index (Phi) is 2.75. The Morgan fingerprint density at radius 3 is 3.00 bits per heavy atom. The van der Waals surface area contributed by atoms with Gasteiger partial charge in [-0.15, -0.1) is 0 Å². The number of amides is 1. The van der Waals surface area contributed by atoms with Crippen LogP contribution in [0, 0.1) is 5.92 Å². The molecule has 1 aliphatic rings. The zero-order valence-electron chi connectivity index (χ0n) is 9.21. The molecule has 4 heteroatoms. The second-order valence-corrected chi connectivity index (χ2v) is 4.62. The summed E-state index contributed by atoms with van der Waals surface area (Å²) in [6, 6.07) is 2.24. The van der Waals surface area contributed by atoms with E-state index in [2.05, 4.69) is 29.4 Å². The van der Waals surface area contributed by atoms with Crippen LogP contribution in [0.1, 0.15) is 42.9 Å². The van der Waals surface area contributed by atoms with Crippen LogP contribution in [0.25, 0.3) is 0 Å². The van der Waals surface area contributed by atoms with Gasteiger partial charge in [-0.05, 0) is 31.2 Å².